The Labute approximate surface area is 87.3 Å². The van der Waals surface area contributed by atoms with E-state index in [9.17, 15) is 9.90 Å². The Morgan fingerprint density at radius 1 is 1.47 bits per heavy atom. The minimum Gasteiger partial charge on any atom is -0.477 e. The molecule has 0 aliphatic heterocycles. The normalized spacial score (nSPS) is 26.5. The monoisotopic (exact) mass is 210 g/mol. The Morgan fingerprint density at radius 3 is 2.87 bits per heavy atom. The topological polar surface area (TPSA) is 75.3 Å². The highest BCUT2D eigenvalue weighted by molar-refractivity contribution is 5.85. The van der Waals surface area contributed by atoms with Gasteiger partial charge < -0.3 is 10.2 Å². The van der Waals surface area contributed by atoms with Crippen molar-refractivity contribution < 1.29 is 15.0 Å². The molecular formula is C10H14N2O3. The van der Waals surface area contributed by atoms with Gasteiger partial charge in [0.1, 0.15) is 5.69 Å². The second-order valence-electron chi connectivity index (χ2n) is 3.89. The van der Waals surface area contributed by atoms with E-state index in [1.807, 2.05) is 0 Å². The first-order chi connectivity index (χ1) is 7.20. The van der Waals surface area contributed by atoms with Gasteiger partial charge in [-0.05, 0) is 18.9 Å². The van der Waals surface area contributed by atoms with Crippen LogP contribution >= 0.6 is 0 Å². The number of aliphatic hydroxyl groups is 1. The zero-order valence-electron chi connectivity index (χ0n) is 8.33. The van der Waals surface area contributed by atoms with E-state index < -0.39 is 12.1 Å². The molecule has 0 radical (unpaired) electrons. The van der Waals surface area contributed by atoms with Gasteiger partial charge in [-0.1, -0.05) is 12.8 Å². The summed E-state index contributed by atoms with van der Waals surface area (Å²) in [6.07, 6.45) is 4.52. The summed E-state index contributed by atoms with van der Waals surface area (Å²) in [4.78, 5) is 10.9. The first kappa shape index (κ1) is 10.2. The molecule has 82 valence electrons. The Hall–Kier alpha value is -1.36. The van der Waals surface area contributed by atoms with Gasteiger partial charge in [-0.2, -0.15) is 5.10 Å². The van der Waals surface area contributed by atoms with E-state index in [1.165, 1.54) is 16.9 Å². The van der Waals surface area contributed by atoms with Crippen LogP contribution in [0.4, 0.5) is 0 Å². The van der Waals surface area contributed by atoms with Crippen LogP contribution in [0, 0.1) is 0 Å². The van der Waals surface area contributed by atoms with E-state index in [-0.39, 0.29) is 11.7 Å². The number of aliphatic hydroxyl groups excluding tert-OH is 1. The van der Waals surface area contributed by atoms with Crippen molar-refractivity contribution in [1.29, 1.82) is 0 Å². The predicted octanol–water partition coefficient (Wildman–Crippen LogP) is 1.06. The zero-order chi connectivity index (χ0) is 10.8. The number of carboxylic acid groups (broad SMARTS) is 1. The summed E-state index contributed by atoms with van der Waals surface area (Å²) < 4.78 is 1.44. The smallest absolute Gasteiger partial charge is 0.354 e. The number of carbonyl (C=O) groups is 1. The lowest BCUT2D eigenvalue weighted by Gasteiger charge is -2.28. The van der Waals surface area contributed by atoms with E-state index in [1.54, 1.807) is 0 Å². The summed E-state index contributed by atoms with van der Waals surface area (Å²) in [7, 11) is 0. The van der Waals surface area contributed by atoms with E-state index in [0.29, 0.717) is 0 Å². The average molecular weight is 210 g/mol. The van der Waals surface area contributed by atoms with Crippen LogP contribution in [0.25, 0.3) is 0 Å². The molecule has 2 N–H and O–H groups in total. The average Bonchev–Trinajstić information content (AvgIpc) is 2.67. The maximum atomic E-state index is 10.9. The Bertz CT molecular complexity index is 361. The van der Waals surface area contributed by atoms with E-state index >= 15 is 0 Å². The maximum Gasteiger partial charge on any atom is 0.354 e. The van der Waals surface area contributed by atoms with Gasteiger partial charge in [0.15, 0.2) is 0 Å². The minimum absolute atomic E-state index is 0.154. The number of carboxylic acids is 1. The molecule has 5 heteroatoms. The van der Waals surface area contributed by atoms with Crippen LogP contribution in [-0.2, 0) is 0 Å². The van der Waals surface area contributed by atoms with Gasteiger partial charge in [-0.3, -0.25) is 4.68 Å². The van der Waals surface area contributed by atoms with Crippen molar-refractivity contribution >= 4 is 5.97 Å². The molecule has 0 aromatic carbocycles. The van der Waals surface area contributed by atoms with Crippen molar-refractivity contribution in [3.8, 4) is 0 Å². The van der Waals surface area contributed by atoms with Crippen molar-refractivity contribution in [2.24, 2.45) is 0 Å². The van der Waals surface area contributed by atoms with E-state index in [2.05, 4.69) is 5.10 Å². The van der Waals surface area contributed by atoms with Gasteiger partial charge in [0.25, 0.3) is 0 Å². The summed E-state index contributed by atoms with van der Waals surface area (Å²) in [6.45, 7) is 0. The molecule has 2 unspecified atom stereocenters. The lowest BCUT2D eigenvalue weighted by molar-refractivity contribution is 0.0579. The molecule has 1 aliphatic rings. The number of nitrogens with zero attached hydrogens (tertiary/aromatic N) is 2. The molecule has 1 saturated carbocycles. The van der Waals surface area contributed by atoms with Crippen LogP contribution < -0.4 is 0 Å². The lowest BCUT2D eigenvalue weighted by Crippen LogP contribution is -2.30. The van der Waals surface area contributed by atoms with Gasteiger partial charge in [-0.25, -0.2) is 4.79 Å². The zero-order valence-corrected chi connectivity index (χ0v) is 8.33. The molecule has 1 aromatic rings. The number of hydrogen-bond donors (Lipinski definition) is 2. The predicted molar refractivity (Wildman–Crippen MR) is 52.7 cm³/mol. The molecule has 1 heterocycles. The largest absolute Gasteiger partial charge is 0.477 e. The van der Waals surface area contributed by atoms with Crippen molar-refractivity contribution in [2.45, 2.75) is 37.8 Å². The van der Waals surface area contributed by atoms with E-state index in [4.69, 9.17) is 5.11 Å². The van der Waals surface area contributed by atoms with Crippen LogP contribution in [0.1, 0.15) is 42.2 Å². The second-order valence-corrected chi connectivity index (χ2v) is 3.89. The Balaban J connectivity index is 2.27. The summed E-state index contributed by atoms with van der Waals surface area (Å²) in [6, 6.07) is 1.28. The first-order valence-electron chi connectivity index (χ1n) is 5.15. The van der Waals surface area contributed by atoms with Gasteiger partial charge >= 0.3 is 5.97 Å². The Kier molecular flexibility index (Phi) is 2.73. The van der Waals surface area contributed by atoms with Gasteiger partial charge in [0.05, 0.1) is 12.1 Å². The maximum absolute atomic E-state index is 10.9. The van der Waals surface area contributed by atoms with Crippen LogP contribution in [0.2, 0.25) is 0 Å². The highest BCUT2D eigenvalue weighted by Crippen LogP contribution is 2.28. The van der Waals surface area contributed by atoms with Gasteiger partial charge in [0, 0.05) is 6.20 Å². The molecule has 0 bridgehead atoms. The van der Waals surface area contributed by atoms with Crippen LogP contribution in [0.15, 0.2) is 12.3 Å². The summed E-state index contributed by atoms with van der Waals surface area (Å²) in [5, 5.41) is 22.7. The number of rotatable bonds is 2. The molecular weight excluding hydrogens is 196 g/mol. The molecule has 5 nitrogen and oxygen atoms in total. The van der Waals surface area contributed by atoms with Crippen molar-refractivity contribution in [1.82, 2.24) is 9.78 Å². The fraction of sp³-hybridized carbons (Fsp3) is 0.600. The number of aromatic carboxylic acids is 1. The minimum atomic E-state index is -0.995. The fourth-order valence-corrected chi connectivity index (χ4v) is 2.12. The van der Waals surface area contributed by atoms with Crippen molar-refractivity contribution in [3.05, 3.63) is 18.0 Å². The summed E-state index contributed by atoms with van der Waals surface area (Å²) in [5.74, 6) is -0.995. The quantitative estimate of drug-likeness (QED) is 0.765. The third-order valence-corrected chi connectivity index (χ3v) is 2.90. The van der Waals surface area contributed by atoms with Crippen molar-refractivity contribution in [2.75, 3.05) is 0 Å². The molecule has 15 heavy (non-hydrogen) atoms. The molecule has 2 atom stereocenters. The van der Waals surface area contributed by atoms with Crippen LogP contribution in [0.3, 0.4) is 0 Å². The highest BCUT2D eigenvalue weighted by atomic mass is 16.4. The highest BCUT2D eigenvalue weighted by Gasteiger charge is 2.27. The van der Waals surface area contributed by atoms with Gasteiger partial charge in [0.2, 0.25) is 0 Å². The summed E-state index contributed by atoms with van der Waals surface area (Å²) >= 11 is 0. The third kappa shape index (κ3) is 1.87. The molecule has 0 saturated heterocycles. The molecule has 0 spiro atoms. The first-order valence-corrected chi connectivity index (χ1v) is 5.15. The van der Waals surface area contributed by atoms with Crippen molar-refractivity contribution in [3.63, 3.8) is 0 Å². The van der Waals surface area contributed by atoms with Gasteiger partial charge in [-0.15, -0.1) is 0 Å². The number of aromatic nitrogens is 2. The van der Waals surface area contributed by atoms with Crippen LogP contribution in [0.5, 0.6) is 0 Å². The number of hydrogen-bond acceptors (Lipinski definition) is 3. The third-order valence-electron chi connectivity index (χ3n) is 2.90. The molecule has 1 aromatic heterocycles. The SMILES string of the molecule is O=C(O)c1ccnn1C1CCCCC1O. The molecule has 2 rings (SSSR count). The molecule has 0 amide bonds. The summed E-state index contributed by atoms with van der Waals surface area (Å²) in [5.41, 5.74) is 0.154. The standard InChI is InChI=1S/C10H14N2O3/c13-9-4-2-1-3-7(9)12-8(10(14)15)5-6-11-12/h5-7,9,13H,1-4H2,(H,14,15). The Morgan fingerprint density at radius 2 is 2.20 bits per heavy atom. The van der Waals surface area contributed by atoms with Crippen LogP contribution in [-0.4, -0.2) is 32.1 Å². The second kappa shape index (κ2) is 4.02. The lowest BCUT2D eigenvalue weighted by atomic mass is 9.92. The fourth-order valence-electron chi connectivity index (χ4n) is 2.12. The van der Waals surface area contributed by atoms with E-state index in [0.717, 1.165) is 25.7 Å². The molecule has 1 aliphatic carbocycles. The molecule has 1 fully saturated rings.